The molecule has 5 nitrogen and oxygen atoms in total. The van der Waals surface area contributed by atoms with E-state index >= 15 is 0 Å². The van der Waals surface area contributed by atoms with Gasteiger partial charge in [0.15, 0.2) is 11.6 Å². The van der Waals surface area contributed by atoms with Crippen LogP contribution in [0.25, 0.3) is 0 Å². The van der Waals surface area contributed by atoms with Crippen LogP contribution in [0.4, 0.5) is 13.6 Å². The summed E-state index contributed by atoms with van der Waals surface area (Å²) in [6.45, 7) is 0. The lowest BCUT2D eigenvalue weighted by atomic mass is 10.1. The fraction of sp³-hybridized carbons (Fsp3) is 0.200. The van der Waals surface area contributed by atoms with Crippen LogP contribution >= 0.6 is 0 Å². The number of rotatable bonds is 2. The Labute approximate surface area is 94.3 Å². The van der Waals surface area contributed by atoms with Gasteiger partial charge in [-0.3, -0.25) is 10.1 Å². The minimum absolute atomic E-state index is 0.434. The lowest BCUT2D eigenvalue weighted by Crippen LogP contribution is -2.21. The number of methoxy groups -OCH3 is 1. The number of carbonyl (C=O) groups is 2. The first-order valence-electron chi connectivity index (χ1n) is 4.58. The van der Waals surface area contributed by atoms with Crippen molar-refractivity contribution >= 4 is 12.0 Å². The molecule has 0 aromatic heterocycles. The number of nitrogens with one attached hydrogen (secondary N) is 1. The second-order valence-electron chi connectivity index (χ2n) is 3.25. The third-order valence-corrected chi connectivity index (χ3v) is 2.25. The van der Waals surface area contributed by atoms with Crippen molar-refractivity contribution in [2.24, 2.45) is 0 Å². The van der Waals surface area contributed by atoms with Gasteiger partial charge in [-0.05, 0) is 12.1 Å². The van der Waals surface area contributed by atoms with Crippen LogP contribution in [0, 0.1) is 11.6 Å². The first-order valence-corrected chi connectivity index (χ1v) is 4.58. The fourth-order valence-electron chi connectivity index (χ4n) is 1.55. The fourth-order valence-corrected chi connectivity index (χ4v) is 1.55. The van der Waals surface area contributed by atoms with Gasteiger partial charge in [-0.25, -0.2) is 13.6 Å². The molecule has 1 fully saturated rings. The molecule has 1 aliphatic rings. The van der Waals surface area contributed by atoms with Gasteiger partial charge in [-0.15, -0.1) is 0 Å². The summed E-state index contributed by atoms with van der Waals surface area (Å²) in [6.07, 6.45) is -2.54. The van der Waals surface area contributed by atoms with Gasteiger partial charge in [-0.2, -0.15) is 0 Å². The van der Waals surface area contributed by atoms with Crippen molar-refractivity contribution in [3.63, 3.8) is 0 Å². The zero-order valence-corrected chi connectivity index (χ0v) is 8.62. The van der Waals surface area contributed by atoms with Crippen LogP contribution in [0.2, 0.25) is 0 Å². The lowest BCUT2D eigenvalue weighted by molar-refractivity contribution is -0.123. The van der Waals surface area contributed by atoms with Crippen molar-refractivity contribution in [1.29, 1.82) is 0 Å². The highest BCUT2D eigenvalue weighted by Crippen LogP contribution is 2.34. The molecule has 0 radical (unpaired) electrons. The second-order valence-corrected chi connectivity index (χ2v) is 3.25. The summed E-state index contributed by atoms with van der Waals surface area (Å²) in [5.74, 6) is -3.06. The first-order chi connectivity index (χ1) is 8.04. The molecule has 7 heteroatoms. The maximum absolute atomic E-state index is 13.6. The van der Waals surface area contributed by atoms with Crippen LogP contribution in [-0.4, -0.2) is 19.1 Å². The van der Waals surface area contributed by atoms with Crippen molar-refractivity contribution in [1.82, 2.24) is 5.32 Å². The average Bonchev–Trinajstić information content (AvgIpc) is 2.60. The van der Waals surface area contributed by atoms with Crippen LogP contribution in [0.5, 0.6) is 5.75 Å². The van der Waals surface area contributed by atoms with Crippen molar-refractivity contribution in [3.05, 3.63) is 29.3 Å². The van der Waals surface area contributed by atoms with Gasteiger partial charge < -0.3 is 9.47 Å². The average molecular weight is 243 g/mol. The number of halogens is 2. The van der Waals surface area contributed by atoms with E-state index in [2.05, 4.69) is 9.47 Å². The normalized spacial score (nSPS) is 18.9. The molecule has 0 bridgehead atoms. The van der Waals surface area contributed by atoms with E-state index < -0.39 is 41.1 Å². The zero-order chi connectivity index (χ0) is 12.6. The van der Waals surface area contributed by atoms with E-state index in [9.17, 15) is 18.4 Å². The molecule has 1 aliphatic heterocycles. The summed E-state index contributed by atoms with van der Waals surface area (Å²) in [6, 6.07) is 1.68. The molecule has 0 saturated carbocycles. The molecule has 2 amide bonds. The molecule has 0 aliphatic carbocycles. The van der Waals surface area contributed by atoms with E-state index in [1.165, 1.54) is 0 Å². The quantitative estimate of drug-likeness (QED) is 0.849. The van der Waals surface area contributed by atoms with Crippen LogP contribution < -0.4 is 10.1 Å². The van der Waals surface area contributed by atoms with E-state index in [0.29, 0.717) is 0 Å². The number of amides is 2. The summed E-state index contributed by atoms with van der Waals surface area (Å²) in [5.41, 5.74) is -0.434. The highest BCUT2D eigenvalue weighted by atomic mass is 19.1. The van der Waals surface area contributed by atoms with E-state index in [4.69, 9.17) is 0 Å². The Balaban J connectivity index is 2.54. The number of imide groups is 1. The number of ether oxygens (including phenoxy) is 2. The summed E-state index contributed by atoms with van der Waals surface area (Å²) in [7, 11) is 1.12. The number of cyclic esters (lactones) is 1. The number of carbonyl (C=O) groups excluding carboxylic acids is 2. The minimum atomic E-state index is -1.53. The first kappa shape index (κ1) is 11.3. The van der Waals surface area contributed by atoms with Gasteiger partial charge in [0.1, 0.15) is 5.82 Å². The summed E-state index contributed by atoms with van der Waals surface area (Å²) in [4.78, 5) is 22.1. The van der Waals surface area contributed by atoms with E-state index in [-0.39, 0.29) is 0 Å². The Kier molecular flexibility index (Phi) is 2.66. The molecule has 0 spiro atoms. The Morgan fingerprint density at radius 1 is 1.29 bits per heavy atom. The minimum Gasteiger partial charge on any atom is -0.493 e. The highest BCUT2D eigenvalue weighted by molar-refractivity contribution is 6.00. The molecule has 1 unspecified atom stereocenters. The van der Waals surface area contributed by atoms with E-state index in [1.54, 1.807) is 0 Å². The molecule has 1 aromatic carbocycles. The van der Waals surface area contributed by atoms with Crippen LogP contribution in [-0.2, 0) is 9.53 Å². The number of hydrogen-bond donors (Lipinski definition) is 1. The third-order valence-electron chi connectivity index (χ3n) is 2.25. The topological polar surface area (TPSA) is 64.6 Å². The standard InChI is InChI=1S/C10H7F2NO4/c1-16-7-5(12)3-2-4(11)6(7)8-9(14)13-10(15)17-8/h2-3,8H,1H3,(H,13,14,15). The van der Waals surface area contributed by atoms with E-state index in [0.717, 1.165) is 19.2 Å². The largest absolute Gasteiger partial charge is 0.493 e. The number of hydrogen-bond acceptors (Lipinski definition) is 4. The monoisotopic (exact) mass is 243 g/mol. The highest BCUT2D eigenvalue weighted by Gasteiger charge is 2.38. The Hall–Kier alpha value is -2.18. The molecule has 17 heavy (non-hydrogen) atoms. The maximum Gasteiger partial charge on any atom is 0.415 e. The zero-order valence-electron chi connectivity index (χ0n) is 8.62. The van der Waals surface area contributed by atoms with Crippen molar-refractivity contribution in [3.8, 4) is 5.75 Å². The molecule has 90 valence electrons. The Morgan fingerprint density at radius 3 is 2.47 bits per heavy atom. The second kappa shape index (κ2) is 4.00. The number of alkyl carbamates (subject to hydrolysis) is 1. The van der Waals surface area contributed by atoms with Crippen LogP contribution in [0.15, 0.2) is 12.1 Å². The van der Waals surface area contributed by atoms with Crippen molar-refractivity contribution < 1.29 is 27.8 Å². The predicted molar refractivity (Wildman–Crippen MR) is 50.3 cm³/mol. The van der Waals surface area contributed by atoms with Gasteiger partial charge in [0.25, 0.3) is 5.91 Å². The molecular formula is C10H7F2NO4. The summed E-state index contributed by atoms with van der Waals surface area (Å²) in [5, 5.41) is 1.82. The molecule has 1 saturated heterocycles. The van der Waals surface area contributed by atoms with Crippen LogP contribution in [0.3, 0.4) is 0 Å². The van der Waals surface area contributed by atoms with Gasteiger partial charge in [-0.1, -0.05) is 0 Å². The SMILES string of the molecule is COc1c(F)ccc(F)c1C1OC(=O)NC1=O. The molecule has 1 aromatic rings. The van der Waals surface area contributed by atoms with Crippen LogP contribution in [0.1, 0.15) is 11.7 Å². The van der Waals surface area contributed by atoms with E-state index in [1.807, 2.05) is 5.32 Å². The van der Waals surface area contributed by atoms with Gasteiger partial charge in [0.05, 0.1) is 12.7 Å². The summed E-state index contributed by atoms with van der Waals surface area (Å²) < 4.78 is 36.1. The molecular weight excluding hydrogens is 236 g/mol. The maximum atomic E-state index is 13.6. The van der Waals surface area contributed by atoms with Gasteiger partial charge in [0.2, 0.25) is 6.10 Å². The molecule has 1 atom stereocenters. The molecule has 2 rings (SSSR count). The Bertz CT molecular complexity index is 503. The molecule has 1 heterocycles. The smallest absolute Gasteiger partial charge is 0.415 e. The van der Waals surface area contributed by atoms with Gasteiger partial charge >= 0.3 is 6.09 Å². The number of benzene rings is 1. The Morgan fingerprint density at radius 2 is 1.94 bits per heavy atom. The predicted octanol–water partition coefficient (Wildman–Crippen LogP) is 1.28. The molecule has 1 N–H and O–H groups in total. The lowest BCUT2D eigenvalue weighted by Gasteiger charge is -2.13. The third kappa shape index (κ3) is 1.79. The van der Waals surface area contributed by atoms with Crippen molar-refractivity contribution in [2.45, 2.75) is 6.10 Å². The van der Waals surface area contributed by atoms with Crippen molar-refractivity contribution in [2.75, 3.05) is 7.11 Å². The van der Waals surface area contributed by atoms with Gasteiger partial charge in [0, 0.05) is 0 Å². The summed E-state index contributed by atoms with van der Waals surface area (Å²) >= 11 is 0.